The van der Waals surface area contributed by atoms with Crippen LogP contribution >= 0.6 is 11.3 Å². The molecule has 2 heterocycles. The smallest absolute Gasteiger partial charge is 0.224 e. The molecule has 2 aromatic heterocycles. The summed E-state index contributed by atoms with van der Waals surface area (Å²) < 4.78 is 1.13. The number of anilines is 2. The molecule has 0 amide bonds. The van der Waals surface area contributed by atoms with Crippen LogP contribution in [0.3, 0.4) is 0 Å². The van der Waals surface area contributed by atoms with E-state index in [0.717, 1.165) is 44.8 Å². The van der Waals surface area contributed by atoms with Crippen molar-refractivity contribution >= 4 is 33.3 Å². The summed E-state index contributed by atoms with van der Waals surface area (Å²) in [7, 11) is 0. The fourth-order valence-electron chi connectivity index (χ4n) is 4.43. The summed E-state index contributed by atoms with van der Waals surface area (Å²) in [5, 5.41) is 28.2. The predicted octanol–water partition coefficient (Wildman–Crippen LogP) is 3.82. The van der Waals surface area contributed by atoms with Crippen LogP contribution in [0.15, 0.2) is 24.3 Å². The number of aliphatic hydroxyl groups is 2. The lowest BCUT2D eigenvalue weighted by molar-refractivity contribution is 0.0420. The van der Waals surface area contributed by atoms with Crippen LogP contribution in [0.4, 0.5) is 11.8 Å². The second-order valence-electron chi connectivity index (χ2n) is 8.95. The first kappa shape index (κ1) is 20.6. The lowest BCUT2D eigenvalue weighted by Crippen LogP contribution is -2.24. The Labute approximate surface area is 186 Å². The topological polar surface area (TPSA) is 103 Å². The van der Waals surface area contributed by atoms with Crippen LogP contribution in [0, 0.1) is 18.8 Å². The number of nitrogens with one attached hydrogen (secondary N) is 2. The Kier molecular flexibility index (Phi) is 5.54. The summed E-state index contributed by atoms with van der Waals surface area (Å²) in [5.41, 5.74) is 2.75. The van der Waals surface area contributed by atoms with Crippen molar-refractivity contribution in [2.45, 2.75) is 57.8 Å². The van der Waals surface area contributed by atoms with Crippen molar-refractivity contribution < 1.29 is 10.2 Å². The standard InChI is InChI=1S/C23H29N5O2S/c1-12-20(22-27-17-5-3-4-6-19(17)31-22)21(28-23(25-12)24-11-14-7-8-14)26-15-9-16(13(2)29)18(30)10-15/h3-6,13-16,18,29-30H,7-11H2,1-2H3,(H2,24,25,26,28)/t13?,15-,16-,18+/m1/s1. The minimum Gasteiger partial charge on any atom is -0.393 e. The van der Waals surface area contributed by atoms with E-state index in [1.54, 1.807) is 18.3 Å². The molecule has 3 aromatic rings. The second kappa shape index (κ2) is 8.33. The number of aromatic nitrogens is 3. The summed E-state index contributed by atoms with van der Waals surface area (Å²) in [5.74, 6) is 1.97. The van der Waals surface area contributed by atoms with E-state index >= 15 is 0 Å². The maximum atomic E-state index is 10.4. The zero-order valence-corrected chi connectivity index (χ0v) is 18.7. The van der Waals surface area contributed by atoms with Crippen LogP contribution in [0.25, 0.3) is 20.8 Å². The Hall–Kier alpha value is -2.29. The molecule has 4 N–H and O–H groups in total. The summed E-state index contributed by atoms with van der Waals surface area (Å²) >= 11 is 1.64. The van der Waals surface area contributed by atoms with Gasteiger partial charge in [-0.15, -0.1) is 11.3 Å². The van der Waals surface area contributed by atoms with Crippen molar-refractivity contribution in [1.82, 2.24) is 15.0 Å². The highest BCUT2D eigenvalue weighted by Gasteiger charge is 2.36. The van der Waals surface area contributed by atoms with Gasteiger partial charge in [-0.1, -0.05) is 12.1 Å². The molecule has 0 radical (unpaired) electrons. The highest BCUT2D eigenvalue weighted by Crippen LogP contribution is 2.38. The van der Waals surface area contributed by atoms with Gasteiger partial charge >= 0.3 is 0 Å². The molecule has 0 saturated heterocycles. The third-order valence-corrected chi connectivity index (χ3v) is 7.43. The molecule has 2 aliphatic rings. The van der Waals surface area contributed by atoms with Crippen LogP contribution in [-0.2, 0) is 0 Å². The summed E-state index contributed by atoms with van der Waals surface area (Å²) in [4.78, 5) is 14.4. The van der Waals surface area contributed by atoms with Crippen molar-refractivity contribution in [3.05, 3.63) is 30.0 Å². The van der Waals surface area contributed by atoms with E-state index < -0.39 is 12.2 Å². The van der Waals surface area contributed by atoms with Gasteiger partial charge in [-0.05, 0) is 57.6 Å². The first-order valence-corrected chi connectivity index (χ1v) is 11.9. The van der Waals surface area contributed by atoms with Gasteiger partial charge in [-0.25, -0.2) is 9.97 Å². The molecule has 1 unspecified atom stereocenters. The first-order valence-electron chi connectivity index (χ1n) is 11.1. The lowest BCUT2D eigenvalue weighted by Gasteiger charge is -2.19. The van der Waals surface area contributed by atoms with Crippen LogP contribution in [0.1, 0.15) is 38.3 Å². The van der Waals surface area contributed by atoms with Crippen molar-refractivity contribution in [1.29, 1.82) is 0 Å². The normalized spacial score (nSPS) is 24.5. The number of aryl methyl sites for hydroxylation is 1. The van der Waals surface area contributed by atoms with Gasteiger partial charge in [-0.3, -0.25) is 0 Å². The minimum absolute atomic E-state index is 0.0355. The average molecular weight is 440 g/mol. The van der Waals surface area contributed by atoms with E-state index in [1.807, 2.05) is 25.1 Å². The van der Waals surface area contributed by atoms with E-state index in [0.29, 0.717) is 18.8 Å². The van der Waals surface area contributed by atoms with Crippen LogP contribution in [0.5, 0.6) is 0 Å². The van der Waals surface area contributed by atoms with Crippen molar-refractivity contribution in [2.24, 2.45) is 11.8 Å². The number of benzene rings is 1. The Morgan fingerprint density at radius 1 is 1.16 bits per heavy atom. The molecule has 2 fully saturated rings. The van der Waals surface area contributed by atoms with Gasteiger partial charge in [0.2, 0.25) is 5.95 Å². The molecular formula is C23H29N5O2S. The number of hydrogen-bond donors (Lipinski definition) is 4. The van der Waals surface area contributed by atoms with E-state index in [9.17, 15) is 10.2 Å². The minimum atomic E-state index is -0.534. The number of thiazole rings is 1. The van der Waals surface area contributed by atoms with Gasteiger partial charge in [0.05, 0.1) is 33.7 Å². The van der Waals surface area contributed by atoms with Gasteiger partial charge < -0.3 is 20.8 Å². The van der Waals surface area contributed by atoms with Gasteiger partial charge in [0, 0.05) is 18.5 Å². The SMILES string of the molecule is Cc1nc(NCC2CC2)nc(N[C@@H]2C[C@H](C(C)O)[C@@H](O)C2)c1-c1nc2ccccc2s1. The van der Waals surface area contributed by atoms with Gasteiger partial charge in [0.15, 0.2) is 0 Å². The molecule has 8 heteroatoms. The third-order valence-electron chi connectivity index (χ3n) is 6.38. The number of hydrogen-bond acceptors (Lipinski definition) is 8. The van der Waals surface area contributed by atoms with Crippen molar-refractivity contribution in [3.8, 4) is 10.6 Å². The van der Waals surface area contributed by atoms with E-state index in [4.69, 9.17) is 15.0 Å². The molecule has 2 saturated carbocycles. The quantitative estimate of drug-likeness (QED) is 0.444. The maximum absolute atomic E-state index is 10.4. The Bertz CT molecular complexity index is 1050. The average Bonchev–Trinajstić information content (AvgIpc) is 3.34. The Morgan fingerprint density at radius 3 is 2.68 bits per heavy atom. The molecule has 1 aromatic carbocycles. The Balaban J connectivity index is 1.49. The number of nitrogens with zero attached hydrogens (tertiary/aromatic N) is 3. The summed E-state index contributed by atoms with van der Waals surface area (Å²) in [6.07, 6.45) is 2.77. The highest BCUT2D eigenvalue weighted by atomic mass is 32.1. The molecular weight excluding hydrogens is 410 g/mol. The fraction of sp³-hybridized carbons (Fsp3) is 0.522. The van der Waals surface area contributed by atoms with Crippen molar-refractivity contribution in [2.75, 3.05) is 17.2 Å². The molecule has 31 heavy (non-hydrogen) atoms. The molecule has 0 bridgehead atoms. The van der Waals surface area contributed by atoms with Crippen LogP contribution < -0.4 is 10.6 Å². The third kappa shape index (κ3) is 4.37. The summed E-state index contributed by atoms with van der Waals surface area (Å²) in [6, 6.07) is 8.15. The zero-order chi connectivity index (χ0) is 21.5. The number of rotatable bonds is 7. The molecule has 0 spiro atoms. The van der Waals surface area contributed by atoms with Crippen molar-refractivity contribution in [3.63, 3.8) is 0 Å². The zero-order valence-electron chi connectivity index (χ0n) is 17.9. The monoisotopic (exact) mass is 439 g/mol. The maximum Gasteiger partial charge on any atom is 0.224 e. The molecule has 7 nitrogen and oxygen atoms in total. The first-order chi connectivity index (χ1) is 15.0. The largest absolute Gasteiger partial charge is 0.393 e. The second-order valence-corrected chi connectivity index (χ2v) is 9.98. The van der Waals surface area contributed by atoms with E-state index in [1.165, 1.54) is 12.8 Å². The van der Waals surface area contributed by atoms with Crippen LogP contribution in [-0.4, -0.2) is 50.0 Å². The van der Waals surface area contributed by atoms with Crippen LogP contribution in [0.2, 0.25) is 0 Å². The molecule has 4 atom stereocenters. The highest BCUT2D eigenvalue weighted by molar-refractivity contribution is 7.21. The number of fused-ring (bicyclic) bond motifs is 1. The van der Waals surface area contributed by atoms with E-state index in [-0.39, 0.29) is 12.0 Å². The van der Waals surface area contributed by atoms with Gasteiger partial charge in [-0.2, -0.15) is 4.98 Å². The van der Waals surface area contributed by atoms with Gasteiger partial charge in [0.1, 0.15) is 10.8 Å². The number of aliphatic hydroxyl groups excluding tert-OH is 2. The predicted molar refractivity (Wildman–Crippen MR) is 124 cm³/mol. The fourth-order valence-corrected chi connectivity index (χ4v) is 5.49. The molecule has 2 aliphatic carbocycles. The van der Waals surface area contributed by atoms with Gasteiger partial charge in [0.25, 0.3) is 0 Å². The van der Waals surface area contributed by atoms with E-state index in [2.05, 4.69) is 16.7 Å². The number of para-hydroxylation sites is 1. The molecule has 5 rings (SSSR count). The summed E-state index contributed by atoms with van der Waals surface area (Å²) in [6.45, 7) is 4.64. The molecule has 0 aliphatic heterocycles. The molecule has 164 valence electrons. The lowest BCUT2D eigenvalue weighted by atomic mass is 10.00. The Morgan fingerprint density at radius 2 is 1.97 bits per heavy atom.